The first-order valence-corrected chi connectivity index (χ1v) is 8.70. The van der Waals surface area contributed by atoms with Gasteiger partial charge in [-0.15, -0.1) is 0 Å². The van der Waals surface area contributed by atoms with Crippen molar-refractivity contribution >= 4 is 12.1 Å². The summed E-state index contributed by atoms with van der Waals surface area (Å²) in [4.78, 5) is 21.6. The largest absolute Gasteiger partial charge is 0.272 e. The average molecular weight is 336 g/mol. The van der Waals surface area contributed by atoms with Gasteiger partial charge in [-0.05, 0) is 37.2 Å². The maximum Gasteiger partial charge on any atom is 0.249 e. The van der Waals surface area contributed by atoms with E-state index >= 15 is 0 Å². The minimum atomic E-state index is -0.218. The molecule has 1 unspecified atom stereocenters. The first-order chi connectivity index (χ1) is 12.1. The van der Waals surface area contributed by atoms with Crippen molar-refractivity contribution in [2.45, 2.75) is 45.2 Å². The zero-order valence-electron chi connectivity index (χ0n) is 14.2. The lowest BCUT2D eigenvalue weighted by Crippen LogP contribution is -2.68. The molecule has 25 heavy (non-hydrogen) atoms. The summed E-state index contributed by atoms with van der Waals surface area (Å²) < 4.78 is 2.01. The molecule has 2 bridgehead atoms. The monoisotopic (exact) mass is 336 g/mol. The summed E-state index contributed by atoms with van der Waals surface area (Å²) in [6.07, 6.45) is 14.3. The number of aromatic nitrogens is 4. The van der Waals surface area contributed by atoms with Crippen molar-refractivity contribution in [3.05, 3.63) is 42.2 Å². The second kappa shape index (κ2) is 4.97. The van der Waals surface area contributed by atoms with Gasteiger partial charge in [-0.2, -0.15) is 10.2 Å². The second-order valence-corrected chi connectivity index (χ2v) is 7.86. The third-order valence-electron chi connectivity index (χ3n) is 5.82. The maximum absolute atomic E-state index is 13.1. The van der Waals surface area contributed by atoms with Gasteiger partial charge < -0.3 is 0 Å². The number of hydrazone groups is 1. The molecule has 1 aliphatic heterocycles. The number of amides is 1. The van der Waals surface area contributed by atoms with Gasteiger partial charge in [0.2, 0.25) is 5.91 Å². The van der Waals surface area contributed by atoms with Crippen molar-refractivity contribution in [1.82, 2.24) is 24.8 Å². The van der Waals surface area contributed by atoms with Gasteiger partial charge in [0, 0.05) is 37.8 Å². The summed E-state index contributed by atoms with van der Waals surface area (Å²) in [7, 11) is 0. The molecule has 3 heterocycles. The molecule has 2 aromatic rings. The smallest absolute Gasteiger partial charge is 0.249 e. The predicted octanol–water partition coefficient (Wildman–Crippen LogP) is 2.11. The van der Waals surface area contributed by atoms with Crippen LogP contribution in [0.2, 0.25) is 0 Å². The Hall–Kier alpha value is -2.57. The summed E-state index contributed by atoms with van der Waals surface area (Å²) in [6.45, 7) is 2.96. The van der Waals surface area contributed by atoms with Crippen molar-refractivity contribution in [3.63, 3.8) is 0 Å². The Morgan fingerprint density at radius 2 is 2.12 bits per heavy atom. The van der Waals surface area contributed by atoms with Gasteiger partial charge in [0.15, 0.2) is 0 Å². The molecule has 0 aromatic carbocycles. The number of hydrogen-bond acceptors (Lipinski definition) is 5. The van der Waals surface area contributed by atoms with E-state index < -0.39 is 0 Å². The molecule has 3 fully saturated rings. The van der Waals surface area contributed by atoms with Gasteiger partial charge in [-0.25, -0.2) is 5.01 Å². The summed E-state index contributed by atoms with van der Waals surface area (Å²) in [5.74, 6) is 0.149. The molecule has 3 aliphatic carbocycles. The Morgan fingerprint density at radius 1 is 1.28 bits per heavy atom. The van der Waals surface area contributed by atoms with Crippen LogP contribution in [0.3, 0.4) is 0 Å². The normalized spacial score (nSPS) is 32.4. The van der Waals surface area contributed by atoms with E-state index in [-0.39, 0.29) is 22.8 Å². The predicted molar refractivity (Wildman–Crippen MR) is 90.4 cm³/mol. The lowest BCUT2D eigenvalue weighted by atomic mass is 9.34. The Morgan fingerprint density at radius 3 is 2.80 bits per heavy atom. The number of aryl methyl sites for hydroxylation is 1. The highest BCUT2D eigenvalue weighted by molar-refractivity contribution is 5.88. The van der Waals surface area contributed by atoms with E-state index in [4.69, 9.17) is 0 Å². The standard InChI is InChI=1S/C18H20N6O/c1-13-6-22-23(8-13)12-17-9-18(10-17,11-17)16(25)24-15(2-3-21-24)14-7-19-4-5-20-14/h3-8,15H,2,9-12H2,1H3. The van der Waals surface area contributed by atoms with Gasteiger partial charge in [0.25, 0.3) is 0 Å². The third kappa shape index (κ3) is 2.14. The molecule has 6 rings (SSSR count). The van der Waals surface area contributed by atoms with Gasteiger partial charge in [0.05, 0.1) is 23.5 Å². The molecule has 7 nitrogen and oxygen atoms in total. The van der Waals surface area contributed by atoms with Crippen LogP contribution in [0.5, 0.6) is 0 Å². The van der Waals surface area contributed by atoms with Crippen molar-refractivity contribution in [2.75, 3.05) is 0 Å². The Labute approximate surface area is 145 Å². The van der Waals surface area contributed by atoms with E-state index in [2.05, 4.69) is 33.3 Å². The van der Waals surface area contributed by atoms with Crippen LogP contribution in [0.25, 0.3) is 0 Å². The van der Waals surface area contributed by atoms with Crippen LogP contribution >= 0.6 is 0 Å². The van der Waals surface area contributed by atoms with Crippen molar-refractivity contribution in [1.29, 1.82) is 0 Å². The topological polar surface area (TPSA) is 76.3 Å². The number of nitrogens with zero attached hydrogens (tertiary/aromatic N) is 6. The molecule has 3 saturated carbocycles. The molecule has 7 heteroatoms. The fraction of sp³-hybridized carbons (Fsp3) is 0.500. The molecule has 0 N–H and O–H groups in total. The summed E-state index contributed by atoms with van der Waals surface area (Å²) in [6, 6.07) is -0.111. The number of rotatable bonds is 4. The minimum Gasteiger partial charge on any atom is -0.272 e. The van der Waals surface area contributed by atoms with Gasteiger partial charge in [0.1, 0.15) is 6.04 Å². The van der Waals surface area contributed by atoms with Crippen LogP contribution in [0, 0.1) is 17.8 Å². The summed E-state index contributed by atoms with van der Waals surface area (Å²) in [5, 5.41) is 10.4. The molecule has 2 aromatic heterocycles. The molecule has 4 aliphatic rings. The SMILES string of the molecule is Cc1cnn(CC23CC(C(=O)N4N=CCC4c4cnccn4)(C2)C3)c1. The highest BCUT2D eigenvalue weighted by atomic mass is 16.2. The molecular weight excluding hydrogens is 316 g/mol. The summed E-state index contributed by atoms with van der Waals surface area (Å²) in [5.41, 5.74) is 2.02. The van der Waals surface area contributed by atoms with E-state index in [1.807, 2.05) is 17.1 Å². The highest BCUT2D eigenvalue weighted by Crippen LogP contribution is 2.74. The van der Waals surface area contributed by atoms with Crippen LogP contribution in [-0.2, 0) is 11.3 Å². The van der Waals surface area contributed by atoms with E-state index in [0.29, 0.717) is 6.42 Å². The molecule has 1 atom stereocenters. The molecule has 128 valence electrons. The maximum atomic E-state index is 13.1. The first kappa shape index (κ1) is 14.7. The number of carbonyl (C=O) groups excluding carboxylic acids is 1. The van der Waals surface area contributed by atoms with Crippen molar-refractivity contribution < 1.29 is 4.79 Å². The lowest BCUT2D eigenvalue weighted by molar-refractivity contribution is -0.223. The van der Waals surface area contributed by atoms with Crippen LogP contribution < -0.4 is 0 Å². The number of hydrogen-bond donors (Lipinski definition) is 0. The molecule has 1 amide bonds. The molecule has 0 spiro atoms. The van der Waals surface area contributed by atoms with Gasteiger partial charge in [-0.3, -0.25) is 19.4 Å². The summed E-state index contributed by atoms with van der Waals surface area (Å²) >= 11 is 0. The average Bonchev–Trinajstić information content (AvgIpc) is 3.18. The van der Waals surface area contributed by atoms with E-state index in [0.717, 1.165) is 31.5 Å². The minimum absolute atomic E-state index is 0.111. The highest BCUT2D eigenvalue weighted by Gasteiger charge is 2.72. The van der Waals surface area contributed by atoms with Crippen molar-refractivity contribution in [2.24, 2.45) is 15.9 Å². The first-order valence-electron chi connectivity index (χ1n) is 8.70. The third-order valence-corrected chi connectivity index (χ3v) is 5.82. The molecule has 0 radical (unpaired) electrons. The van der Waals surface area contributed by atoms with E-state index in [1.165, 1.54) is 5.56 Å². The second-order valence-electron chi connectivity index (χ2n) is 7.86. The van der Waals surface area contributed by atoms with Crippen LogP contribution in [0.15, 0.2) is 36.1 Å². The van der Waals surface area contributed by atoms with Crippen molar-refractivity contribution in [3.8, 4) is 0 Å². The Balaban J connectivity index is 1.28. The van der Waals surface area contributed by atoms with E-state index in [1.54, 1.807) is 23.6 Å². The van der Waals surface area contributed by atoms with Gasteiger partial charge >= 0.3 is 0 Å². The fourth-order valence-electron chi connectivity index (χ4n) is 4.87. The van der Waals surface area contributed by atoms with E-state index in [9.17, 15) is 4.79 Å². The number of carbonyl (C=O) groups is 1. The van der Waals surface area contributed by atoms with Crippen LogP contribution in [0.1, 0.15) is 43.0 Å². The van der Waals surface area contributed by atoms with Gasteiger partial charge in [-0.1, -0.05) is 0 Å². The Bertz CT molecular complexity index is 838. The quantitative estimate of drug-likeness (QED) is 0.857. The zero-order chi connectivity index (χ0) is 17.1. The molecule has 0 saturated heterocycles. The van der Waals surface area contributed by atoms with Crippen LogP contribution in [-0.4, -0.2) is 36.9 Å². The fourth-order valence-corrected chi connectivity index (χ4v) is 4.87. The Kier molecular flexibility index (Phi) is 2.93. The molecular formula is C18H20N6O. The van der Waals surface area contributed by atoms with Crippen LogP contribution in [0.4, 0.5) is 0 Å². The zero-order valence-corrected chi connectivity index (χ0v) is 14.2. The lowest BCUT2D eigenvalue weighted by Gasteiger charge is -2.69.